The number of aliphatic carboxylic acids is 1. The van der Waals surface area contributed by atoms with Gasteiger partial charge in [0.1, 0.15) is 19.7 Å². The van der Waals surface area contributed by atoms with E-state index in [0.29, 0.717) is 29.9 Å². The van der Waals surface area contributed by atoms with Crippen LogP contribution in [0.3, 0.4) is 0 Å². The molecular formula is C37H55N3O6. The fraction of sp³-hybridized carbons (Fsp3) is 0.568. The maximum atomic E-state index is 12.8. The number of esters is 1. The van der Waals surface area contributed by atoms with E-state index in [0.717, 1.165) is 44.1 Å². The number of amides is 2. The summed E-state index contributed by atoms with van der Waals surface area (Å²) in [6.45, 7) is 3.65. The van der Waals surface area contributed by atoms with E-state index < -0.39 is 18.5 Å². The van der Waals surface area contributed by atoms with Crippen molar-refractivity contribution >= 4 is 40.8 Å². The summed E-state index contributed by atoms with van der Waals surface area (Å²) in [6.07, 6.45) is 16.1. The number of nitrogens with zero attached hydrogens (tertiary/aromatic N) is 1. The van der Waals surface area contributed by atoms with E-state index in [9.17, 15) is 24.3 Å². The fourth-order valence-corrected chi connectivity index (χ4v) is 5.21. The van der Waals surface area contributed by atoms with Crippen LogP contribution in [0.2, 0.25) is 0 Å². The molecule has 0 bridgehead atoms. The van der Waals surface area contributed by atoms with Gasteiger partial charge in [0.2, 0.25) is 11.8 Å². The van der Waals surface area contributed by atoms with Crippen molar-refractivity contribution in [2.75, 3.05) is 28.6 Å². The SMILES string of the molecule is CCCCCCCCCC(=O)Nc1cc(NC(=O)CCCCCCCCC)cc(N(CC(=O)O)CC(=O)OCc2ccccc2)c1. The van der Waals surface area contributed by atoms with E-state index >= 15 is 0 Å². The molecule has 0 unspecified atom stereocenters. The molecule has 9 heteroatoms. The number of carboxylic acid groups (broad SMARTS) is 1. The molecule has 0 radical (unpaired) electrons. The Hall–Kier alpha value is -3.88. The van der Waals surface area contributed by atoms with Crippen molar-refractivity contribution in [1.82, 2.24) is 0 Å². The highest BCUT2D eigenvalue weighted by atomic mass is 16.5. The first-order valence-corrected chi connectivity index (χ1v) is 17.2. The molecule has 2 aromatic carbocycles. The summed E-state index contributed by atoms with van der Waals surface area (Å²) in [4.78, 5) is 51.6. The second-order valence-corrected chi connectivity index (χ2v) is 12.0. The van der Waals surface area contributed by atoms with Crippen LogP contribution in [-0.4, -0.2) is 41.9 Å². The van der Waals surface area contributed by atoms with Crippen molar-refractivity contribution in [2.24, 2.45) is 0 Å². The molecule has 0 saturated heterocycles. The van der Waals surface area contributed by atoms with E-state index in [4.69, 9.17) is 4.74 Å². The summed E-state index contributed by atoms with van der Waals surface area (Å²) in [5.74, 6) is -2.03. The van der Waals surface area contributed by atoms with Crippen LogP contribution < -0.4 is 15.5 Å². The van der Waals surface area contributed by atoms with Gasteiger partial charge in [-0.25, -0.2) is 0 Å². The predicted octanol–water partition coefficient (Wildman–Crippen LogP) is 8.48. The quantitative estimate of drug-likeness (QED) is 0.0736. The van der Waals surface area contributed by atoms with Gasteiger partial charge in [0.05, 0.1) is 0 Å². The molecule has 9 nitrogen and oxygen atoms in total. The molecule has 0 aliphatic rings. The Bertz CT molecular complexity index is 1140. The van der Waals surface area contributed by atoms with E-state index in [-0.39, 0.29) is 25.0 Å². The number of hydrogen-bond donors (Lipinski definition) is 3. The number of hydrogen-bond acceptors (Lipinski definition) is 6. The van der Waals surface area contributed by atoms with E-state index in [1.807, 2.05) is 30.3 Å². The number of carboxylic acids is 1. The molecule has 0 spiro atoms. The van der Waals surface area contributed by atoms with Gasteiger partial charge in [-0.3, -0.25) is 19.2 Å². The van der Waals surface area contributed by atoms with Crippen molar-refractivity contribution in [3.05, 3.63) is 54.1 Å². The summed E-state index contributed by atoms with van der Waals surface area (Å²) in [5.41, 5.74) is 2.03. The van der Waals surface area contributed by atoms with Gasteiger partial charge in [0.15, 0.2) is 0 Å². The Kier molecular flexibility index (Phi) is 19.5. The minimum atomic E-state index is -1.13. The van der Waals surface area contributed by atoms with Gasteiger partial charge in [0.25, 0.3) is 0 Å². The van der Waals surface area contributed by atoms with E-state index in [1.54, 1.807) is 18.2 Å². The molecule has 0 aromatic heterocycles. The molecular weight excluding hydrogens is 582 g/mol. The van der Waals surface area contributed by atoms with Crippen LogP contribution in [0.5, 0.6) is 0 Å². The molecule has 0 saturated carbocycles. The second-order valence-electron chi connectivity index (χ2n) is 12.0. The van der Waals surface area contributed by atoms with Crippen LogP contribution >= 0.6 is 0 Å². The van der Waals surface area contributed by atoms with Crippen LogP contribution in [-0.2, 0) is 30.5 Å². The minimum absolute atomic E-state index is 0.0647. The van der Waals surface area contributed by atoms with Gasteiger partial charge in [-0.2, -0.15) is 0 Å². The number of carbonyl (C=O) groups is 4. The number of unbranched alkanes of at least 4 members (excludes halogenated alkanes) is 12. The number of benzene rings is 2. The van der Waals surface area contributed by atoms with E-state index in [2.05, 4.69) is 24.5 Å². The third-order valence-electron chi connectivity index (χ3n) is 7.75. The smallest absolute Gasteiger partial charge is 0.325 e. The van der Waals surface area contributed by atoms with Crippen LogP contribution in [0.1, 0.15) is 122 Å². The lowest BCUT2D eigenvalue weighted by Gasteiger charge is -2.24. The Morgan fingerprint density at radius 2 is 1.13 bits per heavy atom. The lowest BCUT2D eigenvalue weighted by Crippen LogP contribution is -2.35. The predicted molar refractivity (Wildman–Crippen MR) is 185 cm³/mol. The van der Waals surface area contributed by atoms with Crippen LogP contribution in [0.15, 0.2) is 48.5 Å². The lowest BCUT2D eigenvalue weighted by atomic mass is 10.1. The molecule has 0 aliphatic heterocycles. The Morgan fingerprint density at radius 3 is 1.61 bits per heavy atom. The number of anilines is 3. The second kappa shape index (κ2) is 23.5. The average molecular weight is 638 g/mol. The van der Waals surface area contributed by atoms with Crippen molar-refractivity contribution in [1.29, 1.82) is 0 Å². The third kappa shape index (κ3) is 17.6. The first-order valence-electron chi connectivity index (χ1n) is 17.2. The summed E-state index contributed by atoms with van der Waals surface area (Å²) in [7, 11) is 0. The van der Waals surface area contributed by atoms with Crippen LogP contribution in [0.25, 0.3) is 0 Å². The third-order valence-corrected chi connectivity index (χ3v) is 7.75. The first kappa shape index (κ1) is 38.3. The number of rotatable bonds is 25. The van der Waals surface area contributed by atoms with Crippen molar-refractivity contribution in [3.8, 4) is 0 Å². The summed E-state index contributed by atoms with van der Waals surface area (Å²) in [5, 5.41) is 15.5. The Balaban J connectivity index is 2.11. The lowest BCUT2D eigenvalue weighted by molar-refractivity contribution is -0.143. The zero-order valence-corrected chi connectivity index (χ0v) is 28.0. The monoisotopic (exact) mass is 637 g/mol. The number of carbonyl (C=O) groups excluding carboxylic acids is 3. The van der Waals surface area contributed by atoms with Crippen molar-refractivity contribution < 1.29 is 29.0 Å². The van der Waals surface area contributed by atoms with Crippen molar-refractivity contribution in [2.45, 2.75) is 123 Å². The zero-order chi connectivity index (χ0) is 33.4. The zero-order valence-electron chi connectivity index (χ0n) is 28.0. The highest BCUT2D eigenvalue weighted by molar-refractivity contribution is 5.95. The summed E-state index contributed by atoms with van der Waals surface area (Å²) >= 11 is 0. The molecule has 2 rings (SSSR count). The maximum Gasteiger partial charge on any atom is 0.325 e. The van der Waals surface area contributed by atoms with Crippen molar-refractivity contribution in [3.63, 3.8) is 0 Å². The van der Waals surface area contributed by atoms with Gasteiger partial charge in [-0.1, -0.05) is 121 Å². The summed E-state index contributed by atoms with van der Waals surface area (Å²) < 4.78 is 5.41. The molecule has 0 heterocycles. The molecule has 0 fully saturated rings. The molecule has 0 aliphatic carbocycles. The van der Waals surface area contributed by atoms with E-state index in [1.165, 1.54) is 56.3 Å². The molecule has 3 N–H and O–H groups in total. The maximum absolute atomic E-state index is 12.8. The summed E-state index contributed by atoms with van der Waals surface area (Å²) in [6, 6.07) is 14.1. The Labute approximate surface area is 275 Å². The molecule has 2 aromatic rings. The molecule has 2 amide bonds. The average Bonchev–Trinajstić information content (AvgIpc) is 3.02. The number of nitrogens with one attached hydrogen (secondary N) is 2. The fourth-order valence-electron chi connectivity index (χ4n) is 5.21. The molecule has 254 valence electrons. The van der Waals surface area contributed by atoms with Gasteiger partial charge in [0, 0.05) is 29.9 Å². The first-order chi connectivity index (χ1) is 22.3. The molecule has 46 heavy (non-hydrogen) atoms. The van der Waals surface area contributed by atoms with Gasteiger partial charge >= 0.3 is 11.9 Å². The normalized spacial score (nSPS) is 10.7. The van der Waals surface area contributed by atoms with Gasteiger partial charge in [-0.05, 0) is 36.6 Å². The van der Waals surface area contributed by atoms with Gasteiger partial charge < -0.3 is 25.4 Å². The highest BCUT2D eigenvalue weighted by Crippen LogP contribution is 2.27. The number of ether oxygens (including phenoxy) is 1. The van der Waals surface area contributed by atoms with Crippen LogP contribution in [0, 0.1) is 0 Å². The minimum Gasteiger partial charge on any atom is -0.480 e. The molecule has 0 atom stereocenters. The van der Waals surface area contributed by atoms with Gasteiger partial charge in [-0.15, -0.1) is 0 Å². The largest absolute Gasteiger partial charge is 0.480 e. The standard InChI is InChI=1S/C37H55N3O6/c1-3-5-7-9-11-13-18-22-34(41)38-31-24-32(39-35(42)23-19-14-12-10-8-6-4-2)26-33(25-31)40(27-36(43)44)28-37(45)46-29-30-20-16-15-17-21-30/h15-17,20-21,24-26H,3-14,18-19,22-23,27-29H2,1-2H3,(H,38,41)(H,39,42)(H,43,44). The topological polar surface area (TPSA) is 125 Å². The Morgan fingerprint density at radius 1 is 0.652 bits per heavy atom. The van der Waals surface area contributed by atoms with Crippen LogP contribution in [0.4, 0.5) is 17.1 Å². The highest BCUT2D eigenvalue weighted by Gasteiger charge is 2.19.